The summed E-state index contributed by atoms with van der Waals surface area (Å²) in [5.41, 5.74) is -2.75. The Hall–Kier alpha value is -3.68. The number of pyridine rings is 1. The summed E-state index contributed by atoms with van der Waals surface area (Å²) in [4.78, 5) is 7.58. The summed E-state index contributed by atoms with van der Waals surface area (Å²) in [6.45, 7) is 0. The maximum absolute atomic E-state index is 13.0. The van der Waals surface area contributed by atoms with Crippen molar-refractivity contribution < 1.29 is 26.3 Å². The van der Waals surface area contributed by atoms with Gasteiger partial charge in [0.1, 0.15) is 12.4 Å². The van der Waals surface area contributed by atoms with E-state index in [0.29, 0.717) is 17.7 Å². The predicted molar refractivity (Wildman–Crippen MR) is 89.5 cm³/mol. The molecule has 3 aromatic rings. The highest BCUT2D eigenvalue weighted by molar-refractivity contribution is 5.84. The quantitative estimate of drug-likeness (QED) is 0.456. The molecule has 0 spiro atoms. The highest BCUT2D eigenvalue weighted by atomic mass is 19.4. The second-order valence-corrected chi connectivity index (χ2v) is 5.73. The number of nitriles is 1. The van der Waals surface area contributed by atoms with Crippen molar-refractivity contribution in [3.05, 3.63) is 65.7 Å². The molecule has 0 fully saturated rings. The van der Waals surface area contributed by atoms with Crippen LogP contribution in [0.25, 0.3) is 23.2 Å². The number of benzene rings is 1. The van der Waals surface area contributed by atoms with Crippen LogP contribution >= 0.6 is 0 Å². The Labute approximate surface area is 159 Å². The molecule has 0 aliphatic rings. The lowest BCUT2D eigenvalue weighted by atomic mass is 10.0. The van der Waals surface area contributed by atoms with Crippen LogP contribution in [0.3, 0.4) is 0 Å². The fraction of sp³-hybridized carbons (Fsp3) is 0.111. The third kappa shape index (κ3) is 4.60. The van der Waals surface area contributed by atoms with Crippen molar-refractivity contribution in [2.45, 2.75) is 12.4 Å². The Balaban J connectivity index is 2.04. The second kappa shape index (κ2) is 7.38. The van der Waals surface area contributed by atoms with Gasteiger partial charge in [0.2, 0.25) is 0 Å². The molecule has 29 heavy (non-hydrogen) atoms. The van der Waals surface area contributed by atoms with Crippen LogP contribution < -0.4 is 0 Å². The van der Waals surface area contributed by atoms with Gasteiger partial charge in [-0.15, -0.1) is 5.10 Å². The monoisotopic (exact) mass is 409 g/mol. The molecule has 148 valence electrons. The first kappa shape index (κ1) is 20.1. The zero-order valence-corrected chi connectivity index (χ0v) is 14.2. The standard InChI is InChI=1S/C18H9F6N5/c19-17(20,21)14-5-12(6-15(7-14)18(22,23)24)16-27-10-29(28-16)9-13(8-25)11-1-3-26-4-2-11/h1-7,9-10H/b13-9+. The third-order valence-electron chi connectivity index (χ3n) is 3.73. The van der Waals surface area contributed by atoms with E-state index >= 15 is 0 Å². The molecule has 0 aliphatic carbocycles. The number of allylic oxidation sites excluding steroid dienone is 1. The molecule has 1 aromatic carbocycles. The van der Waals surface area contributed by atoms with Gasteiger partial charge in [-0.25, -0.2) is 9.67 Å². The van der Waals surface area contributed by atoms with Crippen molar-refractivity contribution in [1.82, 2.24) is 19.7 Å². The zero-order valence-electron chi connectivity index (χ0n) is 14.2. The molecular weight excluding hydrogens is 400 g/mol. The van der Waals surface area contributed by atoms with Gasteiger partial charge in [-0.1, -0.05) is 0 Å². The first-order chi connectivity index (χ1) is 13.6. The van der Waals surface area contributed by atoms with Crippen molar-refractivity contribution in [3.8, 4) is 17.5 Å². The SMILES string of the molecule is N#C/C(=C\n1cnc(-c2cc(C(F)(F)F)cc(C(F)(F)F)c2)n1)c1ccncc1. The van der Waals surface area contributed by atoms with E-state index in [1.165, 1.54) is 18.6 Å². The van der Waals surface area contributed by atoms with Crippen molar-refractivity contribution >= 4 is 11.8 Å². The lowest BCUT2D eigenvalue weighted by molar-refractivity contribution is -0.143. The van der Waals surface area contributed by atoms with Gasteiger partial charge in [-0.2, -0.15) is 31.6 Å². The Morgan fingerprint density at radius 2 is 1.55 bits per heavy atom. The highest BCUT2D eigenvalue weighted by Crippen LogP contribution is 2.38. The molecule has 2 heterocycles. The molecule has 0 unspecified atom stereocenters. The number of rotatable bonds is 3. The molecule has 0 N–H and O–H groups in total. The molecule has 3 rings (SSSR count). The van der Waals surface area contributed by atoms with Gasteiger partial charge < -0.3 is 0 Å². The smallest absolute Gasteiger partial charge is 0.265 e. The number of nitrogens with zero attached hydrogens (tertiary/aromatic N) is 5. The molecule has 0 radical (unpaired) electrons. The lowest BCUT2D eigenvalue weighted by Gasteiger charge is -2.13. The fourth-order valence-electron chi connectivity index (χ4n) is 2.39. The van der Waals surface area contributed by atoms with Gasteiger partial charge in [-0.3, -0.25) is 4.98 Å². The minimum atomic E-state index is -4.98. The Morgan fingerprint density at radius 3 is 2.07 bits per heavy atom. The van der Waals surface area contributed by atoms with Gasteiger partial charge in [0.25, 0.3) is 0 Å². The summed E-state index contributed by atoms with van der Waals surface area (Å²) >= 11 is 0. The van der Waals surface area contributed by atoms with E-state index in [1.54, 1.807) is 12.1 Å². The number of halogens is 6. The van der Waals surface area contributed by atoms with Crippen LogP contribution in [-0.4, -0.2) is 19.7 Å². The molecule has 0 saturated heterocycles. The summed E-state index contributed by atoms with van der Waals surface area (Å²) in [6.07, 6.45) is -4.74. The fourth-order valence-corrected chi connectivity index (χ4v) is 2.39. The first-order valence-electron chi connectivity index (χ1n) is 7.81. The number of hydrogen-bond donors (Lipinski definition) is 0. The Morgan fingerprint density at radius 1 is 0.966 bits per heavy atom. The molecular formula is C18H9F6N5. The number of hydrogen-bond acceptors (Lipinski definition) is 4. The average molecular weight is 409 g/mol. The van der Waals surface area contributed by atoms with Crippen LogP contribution in [0.5, 0.6) is 0 Å². The second-order valence-electron chi connectivity index (χ2n) is 5.73. The highest BCUT2D eigenvalue weighted by Gasteiger charge is 2.37. The number of alkyl halides is 6. The summed E-state index contributed by atoms with van der Waals surface area (Å²) in [7, 11) is 0. The minimum Gasteiger partial charge on any atom is -0.265 e. The molecule has 0 amide bonds. The normalized spacial score (nSPS) is 12.7. The van der Waals surface area contributed by atoms with Crippen LogP contribution in [0.1, 0.15) is 16.7 Å². The van der Waals surface area contributed by atoms with E-state index in [9.17, 15) is 31.6 Å². The van der Waals surface area contributed by atoms with Crippen molar-refractivity contribution in [2.75, 3.05) is 0 Å². The van der Waals surface area contributed by atoms with Crippen molar-refractivity contribution in [3.63, 3.8) is 0 Å². The Kier molecular flexibility index (Phi) is 5.11. The summed E-state index contributed by atoms with van der Waals surface area (Å²) in [5, 5.41) is 13.1. The van der Waals surface area contributed by atoms with Crippen LogP contribution in [0.2, 0.25) is 0 Å². The van der Waals surface area contributed by atoms with E-state index < -0.39 is 29.0 Å². The summed E-state index contributed by atoms with van der Waals surface area (Å²) in [5.74, 6) is -0.357. The van der Waals surface area contributed by atoms with E-state index in [0.717, 1.165) is 11.0 Å². The average Bonchev–Trinajstić information content (AvgIpc) is 3.14. The van der Waals surface area contributed by atoms with Gasteiger partial charge in [0.15, 0.2) is 5.82 Å². The van der Waals surface area contributed by atoms with Crippen molar-refractivity contribution in [1.29, 1.82) is 5.26 Å². The van der Waals surface area contributed by atoms with Gasteiger partial charge in [0, 0.05) is 24.2 Å². The van der Waals surface area contributed by atoms with Crippen LogP contribution in [0.4, 0.5) is 26.3 Å². The first-order valence-corrected chi connectivity index (χ1v) is 7.81. The zero-order chi connectivity index (χ0) is 21.2. The maximum Gasteiger partial charge on any atom is 0.416 e. The Bertz CT molecular complexity index is 1060. The van der Waals surface area contributed by atoms with Gasteiger partial charge in [0.05, 0.1) is 16.7 Å². The lowest BCUT2D eigenvalue weighted by Crippen LogP contribution is -2.11. The van der Waals surface area contributed by atoms with E-state index in [1.807, 2.05) is 6.07 Å². The topological polar surface area (TPSA) is 67.4 Å². The van der Waals surface area contributed by atoms with Crippen LogP contribution in [0.15, 0.2) is 49.1 Å². The minimum absolute atomic E-state index is 0.0254. The van der Waals surface area contributed by atoms with Gasteiger partial charge in [-0.05, 0) is 35.9 Å². The third-order valence-corrected chi connectivity index (χ3v) is 3.73. The summed E-state index contributed by atoms with van der Waals surface area (Å²) < 4.78 is 79.0. The van der Waals surface area contributed by atoms with Crippen molar-refractivity contribution in [2.24, 2.45) is 0 Å². The molecule has 0 bridgehead atoms. The number of aromatic nitrogens is 4. The van der Waals surface area contributed by atoms with E-state index in [2.05, 4.69) is 15.1 Å². The molecule has 11 heteroatoms. The predicted octanol–water partition coefficient (Wildman–Crippen LogP) is 4.90. The molecule has 2 aromatic heterocycles. The molecule has 0 saturated carbocycles. The van der Waals surface area contributed by atoms with Crippen LogP contribution in [0, 0.1) is 11.3 Å². The maximum atomic E-state index is 13.0. The van der Waals surface area contributed by atoms with E-state index in [4.69, 9.17) is 0 Å². The van der Waals surface area contributed by atoms with Crippen LogP contribution in [-0.2, 0) is 12.4 Å². The molecule has 0 aliphatic heterocycles. The largest absolute Gasteiger partial charge is 0.416 e. The summed E-state index contributed by atoms with van der Waals surface area (Å²) in [6, 6.07) is 6.12. The molecule has 0 atom stereocenters. The van der Waals surface area contributed by atoms with Gasteiger partial charge >= 0.3 is 12.4 Å². The van der Waals surface area contributed by atoms with E-state index in [-0.39, 0.29) is 17.5 Å². The molecule has 5 nitrogen and oxygen atoms in total.